The fraction of sp³-hybridized carbons (Fsp3) is 0.381. The summed E-state index contributed by atoms with van der Waals surface area (Å²) in [6.45, 7) is 2.43. The number of nitrogens with one attached hydrogen (secondary N) is 3. The molecule has 4 rings (SSSR count). The van der Waals surface area contributed by atoms with E-state index >= 15 is 0 Å². The average Bonchev–Trinajstić information content (AvgIpc) is 3.18. The Kier molecular flexibility index (Phi) is 5.90. The molecule has 1 aromatic heterocycles. The molecule has 3 heterocycles. The number of carbonyl (C=O) groups excluding carboxylic acids is 2. The predicted octanol–water partition coefficient (Wildman–Crippen LogP) is 1.59. The number of amides is 2. The second kappa shape index (κ2) is 8.74. The molecule has 2 aromatic rings. The molecule has 150 valence electrons. The van der Waals surface area contributed by atoms with E-state index in [0.717, 1.165) is 39.4 Å². The molecule has 29 heavy (non-hydrogen) atoms. The van der Waals surface area contributed by atoms with E-state index in [2.05, 4.69) is 22.0 Å². The largest absolute Gasteiger partial charge is 0.367 e. The van der Waals surface area contributed by atoms with Crippen molar-refractivity contribution < 1.29 is 14.3 Å². The van der Waals surface area contributed by atoms with Crippen LogP contribution in [0.2, 0.25) is 0 Å². The lowest BCUT2D eigenvalue weighted by molar-refractivity contribution is -0.132. The molecule has 2 aliphatic rings. The maximum atomic E-state index is 12.4. The lowest BCUT2D eigenvalue weighted by Crippen LogP contribution is -2.46. The molecular weight excluding hydrogens is 388 g/mol. The quantitative estimate of drug-likeness (QED) is 0.695. The third-order valence-corrected chi connectivity index (χ3v) is 6.24. The van der Waals surface area contributed by atoms with Crippen LogP contribution in [-0.2, 0) is 22.5 Å². The highest BCUT2D eigenvalue weighted by Crippen LogP contribution is 2.34. The second-order valence-corrected chi connectivity index (χ2v) is 8.28. The van der Waals surface area contributed by atoms with Gasteiger partial charge in [-0.25, -0.2) is 0 Å². The summed E-state index contributed by atoms with van der Waals surface area (Å²) in [6, 6.07) is 11.4. The van der Waals surface area contributed by atoms with E-state index < -0.39 is 12.1 Å². The molecule has 7 nitrogen and oxygen atoms in total. The lowest BCUT2D eigenvalue weighted by atomic mass is 10.0. The van der Waals surface area contributed by atoms with Crippen molar-refractivity contribution in [3.05, 3.63) is 46.3 Å². The van der Waals surface area contributed by atoms with Crippen molar-refractivity contribution in [1.29, 1.82) is 5.26 Å². The topological polar surface area (TPSA) is 103 Å². The fourth-order valence-corrected chi connectivity index (χ4v) is 4.57. The van der Waals surface area contributed by atoms with Crippen molar-refractivity contribution in [1.82, 2.24) is 16.0 Å². The van der Waals surface area contributed by atoms with Crippen LogP contribution in [0.1, 0.15) is 27.2 Å². The number of ether oxygens (including phenoxy) is 1. The van der Waals surface area contributed by atoms with E-state index in [0.29, 0.717) is 26.1 Å². The summed E-state index contributed by atoms with van der Waals surface area (Å²) < 4.78 is 5.55. The zero-order chi connectivity index (χ0) is 20.2. The molecule has 2 aliphatic heterocycles. The van der Waals surface area contributed by atoms with Crippen molar-refractivity contribution in [3.8, 4) is 16.5 Å². The summed E-state index contributed by atoms with van der Waals surface area (Å²) >= 11 is 1.62. The van der Waals surface area contributed by atoms with Gasteiger partial charge in [-0.3, -0.25) is 9.59 Å². The number of hydrogen-bond acceptors (Lipinski definition) is 6. The minimum Gasteiger partial charge on any atom is -0.367 e. The van der Waals surface area contributed by atoms with E-state index in [1.54, 1.807) is 11.3 Å². The van der Waals surface area contributed by atoms with Gasteiger partial charge in [0, 0.05) is 29.3 Å². The molecule has 3 N–H and O–H groups in total. The Labute approximate surface area is 173 Å². The first-order valence-electron chi connectivity index (χ1n) is 9.66. The summed E-state index contributed by atoms with van der Waals surface area (Å²) in [5, 5.41) is 18.2. The number of hydrogen-bond donors (Lipinski definition) is 3. The number of carbonyl (C=O) groups is 2. The summed E-state index contributed by atoms with van der Waals surface area (Å²) in [5.74, 6) is -0.270. The average molecular weight is 410 g/mol. The van der Waals surface area contributed by atoms with Gasteiger partial charge in [0.25, 0.3) is 11.8 Å². The Hall–Kier alpha value is -2.73. The van der Waals surface area contributed by atoms with Gasteiger partial charge in [-0.1, -0.05) is 24.3 Å². The Balaban J connectivity index is 1.38. The van der Waals surface area contributed by atoms with Gasteiger partial charge in [-0.15, -0.1) is 11.3 Å². The number of benzene rings is 1. The minimum absolute atomic E-state index is 0.0143. The van der Waals surface area contributed by atoms with Gasteiger partial charge < -0.3 is 20.7 Å². The maximum Gasteiger partial charge on any atom is 0.252 e. The van der Waals surface area contributed by atoms with Gasteiger partial charge in [-0.05, 0) is 30.2 Å². The van der Waals surface area contributed by atoms with Crippen LogP contribution in [0.15, 0.2) is 30.3 Å². The van der Waals surface area contributed by atoms with Gasteiger partial charge in [0.15, 0.2) is 0 Å². The summed E-state index contributed by atoms with van der Waals surface area (Å²) in [7, 11) is 0. The smallest absolute Gasteiger partial charge is 0.252 e. The van der Waals surface area contributed by atoms with Crippen molar-refractivity contribution in [2.45, 2.75) is 31.5 Å². The van der Waals surface area contributed by atoms with Gasteiger partial charge in [0.05, 0.1) is 18.2 Å². The molecule has 1 fully saturated rings. The Morgan fingerprint density at radius 3 is 2.97 bits per heavy atom. The third kappa shape index (κ3) is 4.48. The zero-order valence-corrected chi connectivity index (χ0v) is 16.7. The second-order valence-electron chi connectivity index (χ2n) is 7.14. The molecular formula is C21H22N4O3S. The van der Waals surface area contributed by atoms with Crippen LogP contribution < -0.4 is 16.0 Å². The predicted molar refractivity (Wildman–Crippen MR) is 109 cm³/mol. The standard InChI is InChI=1S/C21H22N4O3S/c22-10-15(25-21(27)17-11-23-6-1-7-28-17)8-13-2-4-14(5-3-13)18-9-16-19(29-18)12-24-20(16)26/h2-5,9,15,17,23H,1,6-8,11-12H2,(H,24,26)(H,25,27)/t15-,17-/m0/s1. The van der Waals surface area contributed by atoms with Crippen molar-refractivity contribution in [3.63, 3.8) is 0 Å². The van der Waals surface area contributed by atoms with Crippen molar-refractivity contribution >= 4 is 23.2 Å². The highest BCUT2D eigenvalue weighted by Gasteiger charge is 2.24. The van der Waals surface area contributed by atoms with Gasteiger partial charge in [-0.2, -0.15) is 5.26 Å². The van der Waals surface area contributed by atoms with E-state index in [-0.39, 0.29) is 11.8 Å². The Morgan fingerprint density at radius 1 is 1.38 bits per heavy atom. The molecule has 2 atom stereocenters. The molecule has 0 bridgehead atoms. The number of nitrogens with zero attached hydrogens (tertiary/aromatic N) is 1. The molecule has 0 aliphatic carbocycles. The Bertz CT molecular complexity index is 940. The highest BCUT2D eigenvalue weighted by molar-refractivity contribution is 7.16. The van der Waals surface area contributed by atoms with Crippen LogP contribution in [0.5, 0.6) is 0 Å². The van der Waals surface area contributed by atoms with Gasteiger partial charge in [0.2, 0.25) is 0 Å². The lowest BCUT2D eigenvalue weighted by Gasteiger charge is -2.18. The molecule has 8 heteroatoms. The molecule has 0 spiro atoms. The first kappa shape index (κ1) is 19.6. The summed E-state index contributed by atoms with van der Waals surface area (Å²) in [6.07, 6.45) is 0.732. The van der Waals surface area contributed by atoms with Gasteiger partial charge >= 0.3 is 0 Å². The summed E-state index contributed by atoms with van der Waals surface area (Å²) in [5.41, 5.74) is 2.76. The van der Waals surface area contributed by atoms with E-state index in [1.807, 2.05) is 30.3 Å². The first-order chi connectivity index (χ1) is 14.1. The molecule has 0 saturated carbocycles. The number of rotatable bonds is 5. The van der Waals surface area contributed by atoms with Crippen molar-refractivity contribution in [2.24, 2.45) is 0 Å². The normalized spacial score (nSPS) is 19.6. The fourth-order valence-electron chi connectivity index (χ4n) is 3.47. The Morgan fingerprint density at radius 2 is 2.21 bits per heavy atom. The highest BCUT2D eigenvalue weighted by atomic mass is 32.1. The minimum atomic E-state index is -0.616. The number of nitriles is 1. The van der Waals surface area contributed by atoms with E-state index in [9.17, 15) is 14.9 Å². The molecule has 1 aromatic carbocycles. The van der Waals surface area contributed by atoms with Crippen LogP contribution in [0, 0.1) is 11.3 Å². The van der Waals surface area contributed by atoms with Crippen LogP contribution in [0.4, 0.5) is 0 Å². The third-order valence-electron chi connectivity index (χ3n) is 5.05. The van der Waals surface area contributed by atoms with E-state index in [1.165, 1.54) is 0 Å². The number of thiophene rings is 1. The molecule has 0 radical (unpaired) electrons. The first-order valence-corrected chi connectivity index (χ1v) is 10.5. The van der Waals surface area contributed by atoms with Gasteiger partial charge in [0.1, 0.15) is 12.1 Å². The van der Waals surface area contributed by atoms with Crippen LogP contribution in [0.3, 0.4) is 0 Å². The maximum absolute atomic E-state index is 12.4. The van der Waals surface area contributed by atoms with Crippen LogP contribution in [0.25, 0.3) is 10.4 Å². The zero-order valence-electron chi connectivity index (χ0n) is 15.9. The van der Waals surface area contributed by atoms with Crippen molar-refractivity contribution in [2.75, 3.05) is 19.7 Å². The van der Waals surface area contributed by atoms with E-state index in [4.69, 9.17) is 4.74 Å². The molecule has 0 unspecified atom stereocenters. The number of fused-ring (bicyclic) bond motifs is 1. The SMILES string of the molecule is N#C[C@H](Cc1ccc(-c2cc3c(s2)CNC3=O)cc1)NC(=O)[C@@H]1CNCCCO1. The summed E-state index contributed by atoms with van der Waals surface area (Å²) in [4.78, 5) is 26.3. The molecule has 1 saturated heterocycles. The van der Waals surface area contributed by atoms with Crippen LogP contribution in [-0.4, -0.2) is 43.7 Å². The monoisotopic (exact) mass is 410 g/mol. The van der Waals surface area contributed by atoms with Crippen LogP contribution >= 0.6 is 11.3 Å². The molecule has 2 amide bonds.